The Morgan fingerprint density at radius 3 is 2.56 bits per heavy atom. The molecule has 1 aliphatic rings. The van der Waals surface area contributed by atoms with E-state index in [-0.39, 0.29) is 12.0 Å². The average molecular weight is 476 g/mol. The first kappa shape index (κ1) is 22.5. The number of hydrogen-bond donors (Lipinski definition) is 1. The molecule has 176 valence electrons. The maximum atomic E-state index is 12.8. The van der Waals surface area contributed by atoms with Crippen LogP contribution in [0.2, 0.25) is 0 Å². The van der Waals surface area contributed by atoms with Gasteiger partial charge in [-0.25, -0.2) is 0 Å². The van der Waals surface area contributed by atoms with Gasteiger partial charge < -0.3 is 24.3 Å². The lowest BCUT2D eigenvalue weighted by Gasteiger charge is -2.29. The zero-order chi connectivity index (χ0) is 23.5. The van der Waals surface area contributed by atoms with E-state index in [1.807, 2.05) is 77.7 Å². The fraction of sp³-hybridized carbons (Fsp3) is 0.296. The number of nitrogens with one attached hydrogen (secondary N) is 1. The highest BCUT2D eigenvalue weighted by atomic mass is 32.1. The number of hydrogen-bond acceptors (Lipinski definition) is 5. The van der Waals surface area contributed by atoms with Crippen LogP contribution in [-0.4, -0.2) is 41.6 Å². The van der Waals surface area contributed by atoms with Gasteiger partial charge in [0.05, 0.1) is 10.2 Å². The van der Waals surface area contributed by atoms with E-state index in [0.29, 0.717) is 12.3 Å². The van der Waals surface area contributed by atoms with Gasteiger partial charge in [0.2, 0.25) is 0 Å². The molecule has 5 rings (SSSR count). The van der Waals surface area contributed by atoms with Gasteiger partial charge in [-0.15, -0.1) is 11.3 Å². The van der Waals surface area contributed by atoms with Gasteiger partial charge in [0.15, 0.2) is 0 Å². The van der Waals surface area contributed by atoms with Crippen molar-refractivity contribution in [2.24, 2.45) is 7.05 Å². The van der Waals surface area contributed by atoms with E-state index in [1.54, 1.807) is 11.3 Å². The summed E-state index contributed by atoms with van der Waals surface area (Å²) in [7, 11) is 4.07. The molecule has 0 radical (unpaired) electrons. The Morgan fingerprint density at radius 2 is 1.79 bits per heavy atom. The zero-order valence-electron chi connectivity index (χ0n) is 19.5. The largest absolute Gasteiger partial charge is 0.490 e. The Balaban J connectivity index is 1.16. The van der Waals surface area contributed by atoms with Crippen LogP contribution in [0, 0.1) is 0 Å². The standard InChI is InChI=1S/C27H29N3O3S/c1-29-13-10-23(11-14-29)33-22-8-6-21(7-9-22)32-18-19-4-3-5-20(16-19)28-27(31)25-17-26-24(30(25)2)12-15-34-26/h3-9,12,15-17,23H,10-11,13-14,18H2,1-2H3,(H,28,31). The second kappa shape index (κ2) is 9.91. The van der Waals surface area contributed by atoms with E-state index < -0.39 is 0 Å². The molecule has 4 aromatic rings. The summed E-state index contributed by atoms with van der Waals surface area (Å²) in [6, 6.07) is 19.5. The monoisotopic (exact) mass is 475 g/mol. The van der Waals surface area contributed by atoms with Crippen LogP contribution < -0.4 is 14.8 Å². The van der Waals surface area contributed by atoms with Crippen molar-refractivity contribution in [3.63, 3.8) is 0 Å². The van der Waals surface area contributed by atoms with Gasteiger partial charge in [0.25, 0.3) is 5.91 Å². The van der Waals surface area contributed by atoms with Gasteiger partial charge in [-0.2, -0.15) is 0 Å². The Hall–Kier alpha value is -3.29. The Labute approximate surface area is 203 Å². The minimum atomic E-state index is -0.121. The fourth-order valence-electron chi connectivity index (χ4n) is 4.28. The van der Waals surface area contributed by atoms with Gasteiger partial charge in [-0.1, -0.05) is 12.1 Å². The number of thiophene rings is 1. The Kier molecular flexibility index (Phi) is 6.56. The molecule has 1 amide bonds. The smallest absolute Gasteiger partial charge is 0.272 e. The predicted molar refractivity (Wildman–Crippen MR) is 137 cm³/mol. The lowest BCUT2D eigenvalue weighted by Crippen LogP contribution is -2.35. The average Bonchev–Trinajstić information content (AvgIpc) is 3.43. The third-order valence-electron chi connectivity index (χ3n) is 6.28. The van der Waals surface area contributed by atoms with Crippen molar-refractivity contribution in [3.8, 4) is 11.5 Å². The molecule has 0 unspecified atom stereocenters. The van der Waals surface area contributed by atoms with Crippen LogP contribution >= 0.6 is 11.3 Å². The number of fused-ring (bicyclic) bond motifs is 1. The Morgan fingerprint density at radius 1 is 1.03 bits per heavy atom. The second-order valence-electron chi connectivity index (χ2n) is 8.79. The summed E-state index contributed by atoms with van der Waals surface area (Å²) in [6.45, 7) is 2.57. The molecule has 2 aromatic heterocycles. The van der Waals surface area contributed by atoms with E-state index in [9.17, 15) is 4.79 Å². The summed E-state index contributed by atoms with van der Waals surface area (Å²) in [5, 5.41) is 5.04. The number of amides is 1. The van der Waals surface area contributed by atoms with Crippen molar-refractivity contribution in [3.05, 3.63) is 77.3 Å². The first-order valence-corrected chi connectivity index (χ1v) is 12.4. The van der Waals surface area contributed by atoms with Crippen LogP contribution in [0.25, 0.3) is 10.2 Å². The van der Waals surface area contributed by atoms with Gasteiger partial charge in [0.1, 0.15) is 29.9 Å². The predicted octanol–water partition coefficient (Wildman–Crippen LogP) is 5.54. The van der Waals surface area contributed by atoms with Crippen LogP contribution in [0.15, 0.2) is 66.0 Å². The molecule has 0 aliphatic carbocycles. The van der Waals surface area contributed by atoms with Crippen LogP contribution in [0.4, 0.5) is 5.69 Å². The molecule has 0 saturated carbocycles. The lowest BCUT2D eigenvalue weighted by atomic mass is 10.1. The number of aryl methyl sites for hydroxylation is 1. The number of likely N-dealkylation sites (tertiary alicyclic amines) is 1. The van der Waals surface area contributed by atoms with Crippen LogP contribution in [-0.2, 0) is 13.7 Å². The van der Waals surface area contributed by atoms with Gasteiger partial charge in [-0.05, 0) is 79.4 Å². The molecule has 1 aliphatic heterocycles. The molecule has 0 atom stereocenters. The third kappa shape index (κ3) is 5.11. The highest BCUT2D eigenvalue weighted by Gasteiger charge is 2.18. The molecule has 3 heterocycles. The molecular formula is C27H29N3O3S. The summed E-state index contributed by atoms with van der Waals surface area (Å²) >= 11 is 1.64. The first-order chi connectivity index (χ1) is 16.5. The first-order valence-electron chi connectivity index (χ1n) is 11.6. The minimum Gasteiger partial charge on any atom is -0.490 e. The van der Waals surface area contributed by atoms with E-state index in [1.165, 1.54) is 0 Å². The number of nitrogens with zero attached hydrogens (tertiary/aromatic N) is 2. The molecule has 7 heteroatoms. The van der Waals surface area contributed by atoms with Gasteiger partial charge >= 0.3 is 0 Å². The number of benzene rings is 2. The number of aromatic nitrogens is 1. The van der Waals surface area contributed by atoms with Crippen molar-refractivity contribution in [1.29, 1.82) is 0 Å². The number of ether oxygens (including phenoxy) is 2. The van der Waals surface area contributed by atoms with Crippen molar-refractivity contribution < 1.29 is 14.3 Å². The van der Waals surface area contributed by atoms with Gasteiger partial charge in [0, 0.05) is 25.8 Å². The number of carbonyl (C=O) groups excluding carboxylic acids is 1. The topological polar surface area (TPSA) is 55.7 Å². The fourth-order valence-corrected chi connectivity index (χ4v) is 5.13. The van der Waals surface area contributed by atoms with Crippen molar-refractivity contribution in [2.45, 2.75) is 25.6 Å². The molecular weight excluding hydrogens is 446 g/mol. The quantitative estimate of drug-likeness (QED) is 0.381. The summed E-state index contributed by atoms with van der Waals surface area (Å²) in [5.41, 5.74) is 3.45. The summed E-state index contributed by atoms with van der Waals surface area (Å²) < 4.78 is 15.1. The molecule has 0 bridgehead atoms. The molecule has 1 N–H and O–H groups in total. The maximum absolute atomic E-state index is 12.8. The van der Waals surface area contributed by atoms with Gasteiger partial charge in [-0.3, -0.25) is 4.79 Å². The molecule has 1 fully saturated rings. The van der Waals surface area contributed by atoms with E-state index >= 15 is 0 Å². The molecule has 0 spiro atoms. The van der Waals surface area contributed by atoms with Crippen molar-refractivity contribution in [1.82, 2.24) is 9.47 Å². The van der Waals surface area contributed by atoms with E-state index in [2.05, 4.69) is 17.3 Å². The third-order valence-corrected chi connectivity index (χ3v) is 7.13. The Bertz CT molecular complexity index is 1270. The van der Waals surface area contributed by atoms with E-state index in [4.69, 9.17) is 9.47 Å². The molecule has 34 heavy (non-hydrogen) atoms. The van der Waals surface area contributed by atoms with Crippen LogP contribution in [0.1, 0.15) is 28.9 Å². The minimum absolute atomic E-state index is 0.121. The number of piperidine rings is 1. The van der Waals surface area contributed by atoms with Crippen LogP contribution in [0.3, 0.4) is 0 Å². The SMILES string of the molecule is CN1CCC(Oc2ccc(OCc3cccc(NC(=O)c4cc5sccc5n4C)c3)cc2)CC1. The zero-order valence-corrected chi connectivity index (χ0v) is 20.3. The normalized spacial score (nSPS) is 14.9. The van der Waals surface area contributed by atoms with Crippen molar-refractivity contribution >= 4 is 33.1 Å². The van der Waals surface area contributed by atoms with Crippen molar-refractivity contribution in [2.75, 3.05) is 25.5 Å². The highest BCUT2D eigenvalue weighted by Crippen LogP contribution is 2.25. The molecule has 6 nitrogen and oxygen atoms in total. The number of rotatable bonds is 7. The summed E-state index contributed by atoms with van der Waals surface area (Å²) in [4.78, 5) is 15.1. The number of anilines is 1. The maximum Gasteiger partial charge on any atom is 0.272 e. The molecule has 1 saturated heterocycles. The second-order valence-corrected chi connectivity index (χ2v) is 9.74. The number of carbonyl (C=O) groups is 1. The highest BCUT2D eigenvalue weighted by molar-refractivity contribution is 7.17. The molecule has 2 aromatic carbocycles. The van der Waals surface area contributed by atoms with Crippen LogP contribution in [0.5, 0.6) is 11.5 Å². The van der Waals surface area contributed by atoms with E-state index in [0.717, 1.165) is 58.9 Å². The summed E-state index contributed by atoms with van der Waals surface area (Å²) in [5.74, 6) is 1.55. The lowest BCUT2D eigenvalue weighted by molar-refractivity contribution is 0.101. The summed E-state index contributed by atoms with van der Waals surface area (Å²) in [6.07, 6.45) is 2.40.